The third-order valence-electron chi connectivity index (χ3n) is 6.72. The van der Waals surface area contributed by atoms with Crippen molar-refractivity contribution < 1.29 is 41.4 Å². The maximum atomic E-state index is 14.4. The first-order chi connectivity index (χ1) is 18.3. The third-order valence-corrected chi connectivity index (χ3v) is 6.72. The summed E-state index contributed by atoms with van der Waals surface area (Å²) in [6.45, 7) is 3.94. The number of nitrogens with zero attached hydrogens (tertiary/aromatic N) is 2. The lowest BCUT2D eigenvalue weighted by atomic mass is 9.93. The molecule has 3 atom stereocenters. The number of likely N-dealkylation sites (tertiary alicyclic amines) is 1. The molecule has 14 heteroatoms. The van der Waals surface area contributed by atoms with Crippen molar-refractivity contribution in [3.05, 3.63) is 29.6 Å². The minimum atomic E-state index is -4.95. The van der Waals surface area contributed by atoms with E-state index in [1.807, 2.05) is 0 Å². The van der Waals surface area contributed by atoms with Crippen LogP contribution in [0.1, 0.15) is 38.7 Å². The molecule has 4 amide bonds. The Morgan fingerprint density at radius 2 is 1.87 bits per heavy atom. The Morgan fingerprint density at radius 1 is 1.18 bits per heavy atom. The second kappa shape index (κ2) is 12.7. The molecule has 10 nitrogen and oxygen atoms in total. The molecule has 0 spiro atoms. The summed E-state index contributed by atoms with van der Waals surface area (Å²) in [7, 11) is 1.49. The number of amides is 4. The first-order valence-corrected chi connectivity index (χ1v) is 12.8. The van der Waals surface area contributed by atoms with Crippen molar-refractivity contribution in [1.82, 2.24) is 20.4 Å². The Hall–Kier alpha value is -3.29. The fourth-order valence-electron chi connectivity index (χ4n) is 4.50. The third kappa shape index (κ3) is 8.60. The number of carbonyl (C=O) groups excluding carboxylic acids is 3. The number of piperidine rings is 1. The van der Waals surface area contributed by atoms with Gasteiger partial charge in [0, 0.05) is 50.3 Å². The summed E-state index contributed by atoms with van der Waals surface area (Å²) in [5, 5.41) is 5.22. The van der Waals surface area contributed by atoms with Crippen molar-refractivity contribution in [2.45, 2.75) is 64.1 Å². The molecule has 4 N–H and O–H groups in total. The Balaban J connectivity index is 1.68. The van der Waals surface area contributed by atoms with Gasteiger partial charge in [-0.2, -0.15) is 0 Å². The van der Waals surface area contributed by atoms with Crippen molar-refractivity contribution in [2.24, 2.45) is 17.6 Å². The number of nitrogens with one attached hydrogen (secondary N) is 2. The van der Waals surface area contributed by atoms with Crippen LogP contribution < -0.4 is 21.1 Å². The van der Waals surface area contributed by atoms with Crippen LogP contribution in [-0.2, 0) is 16.1 Å². The van der Waals surface area contributed by atoms with Gasteiger partial charge >= 0.3 is 24.4 Å². The van der Waals surface area contributed by atoms with E-state index < -0.39 is 42.0 Å². The topological polar surface area (TPSA) is 126 Å². The van der Waals surface area contributed by atoms with Gasteiger partial charge < -0.3 is 35.6 Å². The average Bonchev–Trinajstić information content (AvgIpc) is 3.69. The van der Waals surface area contributed by atoms with Gasteiger partial charge in [0.25, 0.3) is 0 Å². The van der Waals surface area contributed by atoms with Gasteiger partial charge in [-0.05, 0) is 31.2 Å². The van der Waals surface area contributed by atoms with Crippen molar-refractivity contribution >= 4 is 18.0 Å². The van der Waals surface area contributed by atoms with Gasteiger partial charge in [0.1, 0.15) is 17.6 Å². The molecular weight excluding hydrogens is 526 g/mol. The number of carbonyl (C=O) groups is 3. The molecule has 3 unspecified atom stereocenters. The minimum Gasteiger partial charge on any atom is -0.464 e. The van der Waals surface area contributed by atoms with Crippen LogP contribution in [0.4, 0.5) is 27.2 Å². The second-order valence-electron chi connectivity index (χ2n) is 10.2. The van der Waals surface area contributed by atoms with Crippen LogP contribution in [0.5, 0.6) is 5.75 Å². The maximum absolute atomic E-state index is 14.4. The largest absolute Gasteiger partial charge is 0.573 e. The molecule has 1 aromatic rings. The lowest BCUT2D eigenvalue weighted by Crippen LogP contribution is -2.58. The van der Waals surface area contributed by atoms with E-state index in [2.05, 4.69) is 15.4 Å². The van der Waals surface area contributed by atoms with E-state index in [-0.39, 0.29) is 49.2 Å². The van der Waals surface area contributed by atoms with Gasteiger partial charge in [0.15, 0.2) is 0 Å². The summed E-state index contributed by atoms with van der Waals surface area (Å²) in [5.41, 5.74) is 5.85. The van der Waals surface area contributed by atoms with Gasteiger partial charge in [0.2, 0.25) is 0 Å². The number of halogens is 4. The Kier molecular flexibility index (Phi) is 9.86. The average molecular weight is 562 g/mol. The fourth-order valence-corrected chi connectivity index (χ4v) is 4.50. The molecule has 0 aromatic heterocycles. The second-order valence-corrected chi connectivity index (χ2v) is 10.2. The lowest BCUT2D eigenvalue weighted by Gasteiger charge is -2.42. The predicted octanol–water partition coefficient (Wildman–Crippen LogP) is 2.95. The molecule has 1 aliphatic heterocycles. The molecular formula is C25H35F4N5O5. The molecule has 1 saturated carbocycles. The van der Waals surface area contributed by atoms with Gasteiger partial charge in [-0.15, -0.1) is 13.2 Å². The van der Waals surface area contributed by atoms with Crippen LogP contribution in [0, 0.1) is 17.7 Å². The van der Waals surface area contributed by atoms with E-state index in [4.69, 9.17) is 10.5 Å². The van der Waals surface area contributed by atoms with E-state index in [0.29, 0.717) is 19.0 Å². The molecule has 1 aliphatic carbocycles. The number of nitrogens with two attached hydrogens (primary N) is 1. The standard InChI is InChI=1S/C25H35F4N5O5/c1-14(2)21(30)22(35)38-13-15-8-18(12-33(11-15)23(36)31-3)34(17-5-6-17)24(37)32-10-16-4-7-19(9-20(16)26)39-25(27,28)29/h4,7,9,14-15,17-18,21H,5-6,8,10-13,30H2,1-3H3,(H,31,36)(H,32,37). The van der Waals surface area contributed by atoms with E-state index in [1.165, 1.54) is 7.05 Å². The van der Waals surface area contributed by atoms with Crippen molar-refractivity contribution in [1.29, 1.82) is 0 Å². The number of ether oxygens (including phenoxy) is 2. The zero-order chi connectivity index (χ0) is 28.9. The number of rotatable bonds is 9. The maximum Gasteiger partial charge on any atom is 0.573 e. The molecule has 2 fully saturated rings. The van der Waals surface area contributed by atoms with Gasteiger partial charge in [-0.3, -0.25) is 4.79 Å². The van der Waals surface area contributed by atoms with Crippen LogP contribution in [0.3, 0.4) is 0 Å². The smallest absolute Gasteiger partial charge is 0.464 e. The molecule has 1 heterocycles. The number of urea groups is 2. The summed E-state index contributed by atoms with van der Waals surface area (Å²) >= 11 is 0. The van der Waals surface area contributed by atoms with Crippen molar-refractivity contribution in [3.8, 4) is 5.75 Å². The van der Waals surface area contributed by atoms with E-state index in [9.17, 15) is 31.9 Å². The fraction of sp³-hybridized carbons (Fsp3) is 0.640. The van der Waals surface area contributed by atoms with E-state index in [0.717, 1.165) is 25.0 Å². The number of hydrogen-bond acceptors (Lipinski definition) is 6. The van der Waals surface area contributed by atoms with Crippen molar-refractivity contribution in [2.75, 3.05) is 26.7 Å². The van der Waals surface area contributed by atoms with Crippen LogP contribution in [0.25, 0.3) is 0 Å². The molecule has 3 rings (SSSR count). The zero-order valence-electron chi connectivity index (χ0n) is 22.1. The molecule has 39 heavy (non-hydrogen) atoms. The highest BCUT2D eigenvalue weighted by Crippen LogP contribution is 2.33. The van der Waals surface area contributed by atoms with E-state index >= 15 is 0 Å². The Bertz CT molecular complexity index is 1040. The first-order valence-electron chi connectivity index (χ1n) is 12.8. The van der Waals surface area contributed by atoms with Crippen LogP contribution in [-0.4, -0.2) is 79.1 Å². The van der Waals surface area contributed by atoms with E-state index in [1.54, 1.807) is 23.6 Å². The number of hydrogen-bond donors (Lipinski definition) is 3. The number of benzene rings is 1. The first kappa shape index (κ1) is 30.3. The molecule has 1 aromatic carbocycles. The molecule has 2 aliphatic rings. The number of alkyl halides is 3. The Morgan fingerprint density at radius 3 is 2.44 bits per heavy atom. The Labute approximate surface area is 224 Å². The summed E-state index contributed by atoms with van der Waals surface area (Å²) < 4.78 is 60.7. The molecule has 1 saturated heterocycles. The minimum absolute atomic E-state index is 0.0180. The van der Waals surface area contributed by atoms with Crippen molar-refractivity contribution in [3.63, 3.8) is 0 Å². The molecule has 0 radical (unpaired) electrons. The quantitative estimate of drug-likeness (QED) is 0.315. The predicted molar refractivity (Wildman–Crippen MR) is 132 cm³/mol. The summed E-state index contributed by atoms with van der Waals surface area (Å²) in [5.74, 6) is -2.56. The summed E-state index contributed by atoms with van der Waals surface area (Å²) in [4.78, 5) is 41.2. The highest BCUT2D eigenvalue weighted by Gasteiger charge is 2.42. The van der Waals surface area contributed by atoms with Gasteiger partial charge in [0.05, 0.1) is 12.6 Å². The zero-order valence-corrected chi connectivity index (χ0v) is 22.1. The van der Waals surface area contributed by atoms with Gasteiger partial charge in [-0.1, -0.05) is 19.9 Å². The monoisotopic (exact) mass is 561 g/mol. The lowest BCUT2D eigenvalue weighted by molar-refractivity contribution is -0.274. The highest BCUT2D eigenvalue weighted by atomic mass is 19.4. The summed E-state index contributed by atoms with van der Waals surface area (Å²) in [6.07, 6.45) is -2.99. The van der Waals surface area contributed by atoms with Crippen LogP contribution in [0.15, 0.2) is 18.2 Å². The summed E-state index contributed by atoms with van der Waals surface area (Å²) in [6, 6.07) is 0.593. The molecule has 218 valence electrons. The SMILES string of the molecule is CNC(=O)N1CC(COC(=O)C(N)C(C)C)CC(N(C(=O)NCc2ccc(OC(F)(F)F)cc2F)C2CC2)C1. The number of esters is 1. The normalized spacial score (nSPS) is 20.3. The highest BCUT2D eigenvalue weighted by molar-refractivity contribution is 5.77. The van der Waals surface area contributed by atoms with Crippen LogP contribution >= 0.6 is 0 Å². The molecule has 0 bridgehead atoms. The van der Waals surface area contributed by atoms with Gasteiger partial charge in [-0.25, -0.2) is 14.0 Å². The van der Waals surface area contributed by atoms with Crippen LogP contribution in [0.2, 0.25) is 0 Å².